The molecule has 0 aliphatic carbocycles. The largest absolute Gasteiger partial charge is 0.396 e. The van der Waals surface area contributed by atoms with Gasteiger partial charge in [0.1, 0.15) is 0 Å². The third-order valence-corrected chi connectivity index (χ3v) is 3.58. The van der Waals surface area contributed by atoms with E-state index >= 15 is 0 Å². The first-order chi connectivity index (χ1) is 8.35. The van der Waals surface area contributed by atoms with Crippen LogP contribution in [0.2, 0.25) is 0 Å². The van der Waals surface area contributed by atoms with Crippen molar-refractivity contribution in [1.82, 2.24) is 15.0 Å². The summed E-state index contributed by atoms with van der Waals surface area (Å²) in [4.78, 5) is 6.55. The van der Waals surface area contributed by atoms with Crippen molar-refractivity contribution in [3.8, 4) is 11.5 Å². The van der Waals surface area contributed by atoms with Gasteiger partial charge < -0.3 is 9.63 Å². The molecule has 2 aromatic heterocycles. The summed E-state index contributed by atoms with van der Waals surface area (Å²) >= 11 is 1.61. The lowest BCUT2D eigenvalue weighted by Gasteiger charge is -2.37. The fraction of sp³-hybridized carbons (Fsp3) is 0.455. The average Bonchev–Trinajstić information content (AvgIpc) is 2.92. The van der Waals surface area contributed by atoms with Crippen LogP contribution in [0, 0.1) is 5.92 Å². The zero-order valence-electron chi connectivity index (χ0n) is 9.24. The summed E-state index contributed by atoms with van der Waals surface area (Å²) in [6.07, 6.45) is 0. The molecule has 0 aromatic carbocycles. The molecule has 0 spiro atoms. The van der Waals surface area contributed by atoms with E-state index in [4.69, 9.17) is 9.63 Å². The summed E-state index contributed by atoms with van der Waals surface area (Å²) in [5, 5.41) is 16.9. The highest BCUT2D eigenvalue weighted by atomic mass is 32.1. The number of likely N-dealkylation sites (tertiary alicyclic amines) is 1. The highest BCUT2D eigenvalue weighted by Crippen LogP contribution is 2.21. The number of hydrogen-bond acceptors (Lipinski definition) is 6. The van der Waals surface area contributed by atoms with Gasteiger partial charge in [-0.3, -0.25) is 4.90 Å². The van der Waals surface area contributed by atoms with Crippen LogP contribution >= 0.6 is 11.3 Å². The molecule has 0 amide bonds. The number of nitrogens with zero attached hydrogens (tertiary/aromatic N) is 3. The fourth-order valence-corrected chi connectivity index (χ4v) is 2.57. The van der Waals surface area contributed by atoms with Gasteiger partial charge in [-0.1, -0.05) is 5.16 Å². The maximum absolute atomic E-state index is 8.92. The van der Waals surface area contributed by atoms with Gasteiger partial charge in [0.05, 0.1) is 12.1 Å². The van der Waals surface area contributed by atoms with E-state index in [1.807, 2.05) is 16.8 Å². The molecule has 1 aliphatic heterocycles. The van der Waals surface area contributed by atoms with Crippen molar-refractivity contribution in [3.63, 3.8) is 0 Å². The van der Waals surface area contributed by atoms with Crippen LogP contribution in [0.15, 0.2) is 21.3 Å². The highest BCUT2D eigenvalue weighted by Gasteiger charge is 2.27. The molecule has 3 rings (SSSR count). The van der Waals surface area contributed by atoms with Crippen molar-refractivity contribution in [2.24, 2.45) is 5.92 Å². The van der Waals surface area contributed by atoms with Crippen molar-refractivity contribution in [3.05, 3.63) is 22.7 Å². The first kappa shape index (κ1) is 10.9. The van der Waals surface area contributed by atoms with Gasteiger partial charge in [-0.05, 0) is 11.4 Å². The van der Waals surface area contributed by atoms with Crippen LogP contribution in [0.25, 0.3) is 11.5 Å². The van der Waals surface area contributed by atoms with Crippen molar-refractivity contribution < 1.29 is 9.63 Å². The van der Waals surface area contributed by atoms with E-state index in [1.165, 1.54) is 0 Å². The van der Waals surface area contributed by atoms with Crippen molar-refractivity contribution in [2.45, 2.75) is 6.54 Å². The lowest BCUT2D eigenvalue weighted by Crippen LogP contribution is -2.47. The Hall–Kier alpha value is -1.24. The Labute approximate surface area is 103 Å². The molecule has 5 nitrogen and oxygen atoms in total. The lowest BCUT2D eigenvalue weighted by atomic mass is 10.0. The molecule has 0 radical (unpaired) electrons. The summed E-state index contributed by atoms with van der Waals surface area (Å²) in [5.74, 6) is 1.71. The van der Waals surface area contributed by atoms with Crippen LogP contribution in [0.1, 0.15) is 5.82 Å². The van der Waals surface area contributed by atoms with Crippen molar-refractivity contribution >= 4 is 11.3 Å². The predicted octanol–water partition coefficient (Wildman–Crippen LogP) is 1.22. The van der Waals surface area contributed by atoms with E-state index in [0.717, 1.165) is 18.7 Å². The SMILES string of the molecule is OCC1CN(Cc2noc(-c3ccsc3)n2)C1. The van der Waals surface area contributed by atoms with E-state index in [2.05, 4.69) is 15.0 Å². The number of rotatable bonds is 4. The predicted molar refractivity (Wildman–Crippen MR) is 63.5 cm³/mol. The van der Waals surface area contributed by atoms with Gasteiger partial charge in [0.2, 0.25) is 0 Å². The Morgan fingerprint density at radius 1 is 1.53 bits per heavy atom. The Morgan fingerprint density at radius 3 is 3.12 bits per heavy atom. The summed E-state index contributed by atoms with van der Waals surface area (Å²) in [6.45, 7) is 2.80. The van der Waals surface area contributed by atoms with Crippen LogP contribution in [0.5, 0.6) is 0 Å². The van der Waals surface area contributed by atoms with Gasteiger partial charge in [-0.25, -0.2) is 0 Å². The van der Waals surface area contributed by atoms with Gasteiger partial charge in [0.15, 0.2) is 5.82 Å². The van der Waals surface area contributed by atoms with E-state index in [9.17, 15) is 0 Å². The molecular formula is C11H13N3O2S. The number of aromatic nitrogens is 2. The Kier molecular flexibility index (Phi) is 2.92. The molecule has 1 fully saturated rings. The number of hydrogen-bond donors (Lipinski definition) is 1. The molecule has 1 N–H and O–H groups in total. The monoisotopic (exact) mass is 251 g/mol. The molecular weight excluding hydrogens is 238 g/mol. The third-order valence-electron chi connectivity index (χ3n) is 2.89. The molecule has 17 heavy (non-hydrogen) atoms. The second kappa shape index (κ2) is 4.56. The molecule has 2 aromatic rings. The smallest absolute Gasteiger partial charge is 0.258 e. The average molecular weight is 251 g/mol. The van der Waals surface area contributed by atoms with Crippen molar-refractivity contribution in [1.29, 1.82) is 0 Å². The zero-order valence-corrected chi connectivity index (χ0v) is 10.1. The van der Waals surface area contributed by atoms with Crippen LogP contribution in [-0.2, 0) is 6.54 Å². The lowest BCUT2D eigenvalue weighted by molar-refractivity contribution is 0.0454. The minimum atomic E-state index is 0.267. The maximum Gasteiger partial charge on any atom is 0.258 e. The van der Waals surface area contributed by atoms with Gasteiger partial charge in [0.25, 0.3) is 5.89 Å². The van der Waals surface area contributed by atoms with Gasteiger partial charge in [-0.15, -0.1) is 0 Å². The zero-order chi connectivity index (χ0) is 11.7. The highest BCUT2D eigenvalue weighted by molar-refractivity contribution is 7.08. The molecule has 1 aliphatic rings. The third kappa shape index (κ3) is 2.24. The minimum Gasteiger partial charge on any atom is -0.396 e. The quantitative estimate of drug-likeness (QED) is 0.885. The van der Waals surface area contributed by atoms with Gasteiger partial charge in [0, 0.05) is 31.0 Å². The van der Waals surface area contributed by atoms with Crippen LogP contribution < -0.4 is 0 Å². The van der Waals surface area contributed by atoms with Crippen molar-refractivity contribution in [2.75, 3.05) is 19.7 Å². The van der Waals surface area contributed by atoms with Crippen LogP contribution in [-0.4, -0.2) is 39.8 Å². The summed E-state index contributed by atoms with van der Waals surface area (Å²) in [6, 6.07) is 1.97. The van der Waals surface area contributed by atoms with Gasteiger partial charge >= 0.3 is 0 Å². The Bertz CT molecular complexity index is 477. The summed E-state index contributed by atoms with van der Waals surface area (Å²) in [5.41, 5.74) is 0.977. The number of aliphatic hydroxyl groups excluding tert-OH is 1. The topological polar surface area (TPSA) is 62.4 Å². The van der Waals surface area contributed by atoms with Gasteiger partial charge in [-0.2, -0.15) is 16.3 Å². The standard InChI is InChI=1S/C11H13N3O2S/c15-6-8-3-14(4-8)5-10-12-11(16-13-10)9-1-2-17-7-9/h1-2,7-8,15H,3-6H2. The first-order valence-electron chi connectivity index (χ1n) is 5.53. The molecule has 90 valence electrons. The van der Waals surface area contributed by atoms with E-state index in [-0.39, 0.29) is 6.61 Å². The maximum atomic E-state index is 8.92. The van der Waals surface area contributed by atoms with Crippen LogP contribution in [0.4, 0.5) is 0 Å². The molecule has 0 bridgehead atoms. The van der Waals surface area contributed by atoms with E-state index < -0.39 is 0 Å². The second-order valence-electron chi connectivity index (χ2n) is 4.27. The Morgan fingerprint density at radius 2 is 2.41 bits per heavy atom. The normalized spacial score (nSPS) is 17.2. The summed E-state index contributed by atoms with van der Waals surface area (Å²) < 4.78 is 5.20. The molecule has 3 heterocycles. The van der Waals surface area contributed by atoms with E-state index in [1.54, 1.807) is 11.3 Å². The molecule has 1 saturated heterocycles. The van der Waals surface area contributed by atoms with Crippen LogP contribution in [0.3, 0.4) is 0 Å². The molecule has 0 saturated carbocycles. The molecule has 0 unspecified atom stereocenters. The second-order valence-corrected chi connectivity index (χ2v) is 5.05. The molecule has 0 atom stereocenters. The Balaban J connectivity index is 1.62. The fourth-order valence-electron chi connectivity index (χ4n) is 1.94. The van der Waals surface area contributed by atoms with E-state index in [0.29, 0.717) is 24.2 Å². The number of thiophene rings is 1. The summed E-state index contributed by atoms with van der Waals surface area (Å²) in [7, 11) is 0. The molecule has 6 heteroatoms. The first-order valence-corrected chi connectivity index (χ1v) is 6.48. The minimum absolute atomic E-state index is 0.267. The number of aliphatic hydroxyl groups is 1.